The molecular formula is C9H13Br. The summed E-state index contributed by atoms with van der Waals surface area (Å²) in [6.45, 7) is 6.15. The molecule has 0 aromatic rings. The molecule has 0 aliphatic heterocycles. The van der Waals surface area contributed by atoms with Crippen molar-refractivity contribution in [2.24, 2.45) is 0 Å². The lowest BCUT2D eigenvalue weighted by molar-refractivity contribution is 1.38. The molecule has 0 fully saturated rings. The minimum absolute atomic E-state index is 1.16. The van der Waals surface area contributed by atoms with Crippen LogP contribution < -0.4 is 0 Å². The standard InChI is InChI=1S/C9H13Br/c1-4-5-6-7-9(10)8(2)3/h4-7H,1-3H3. The highest BCUT2D eigenvalue weighted by atomic mass is 79.9. The predicted molar refractivity (Wildman–Crippen MR) is 51.3 cm³/mol. The Morgan fingerprint density at radius 3 is 2.20 bits per heavy atom. The van der Waals surface area contributed by atoms with Gasteiger partial charge in [0.1, 0.15) is 0 Å². The van der Waals surface area contributed by atoms with Gasteiger partial charge in [-0.15, -0.1) is 0 Å². The maximum Gasteiger partial charge on any atom is 0.0161 e. The van der Waals surface area contributed by atoms with Crippen LogP contribution in [0, 0.1) is 0 Å². The fourth-order valence-corrected chi connectivity index (χ4v) is 0.570. The van der Waals surface area contributed by atoms with Crippen LogP contribution in [0.1, 0.15) is 20.8 Å². The molecule has 0 saturated heterocycles. The molecule has 0 amide bonds. The molecule has 0 radical (unpaired) electrons. The van der Waals surface area contributed by atoms with E-state index in [1.54, 1.807) is 0 Å². The first-order valence-corrected chi connectivity index (χ1v) is 4.10. The molecule has 0 rings (SSSR count). The molecule has 0 spiro atoms. The van der Waals surface area contributed by atoms with E-state index in [1.165, 1.54) is 5.57 Å². The predicted octanol–water partition coefficient (Wildman–Crippen LogP) is 3.81. The van der Waals surface area contributed by atoms with E-state index in [0.29, 0.717) is 0 Å². The summed E-state index contributed by atoms with van der Waals surface area (Å²) in [5.74, 6) is 0. The largest absolute Gasteiger partial charge is 0.0877 e. The van der Waals surface area contributed by atoms with Crippen molar-refractivity contribution in [3.8, 4) is 0 Å². The Labute approximate surface area is 71.5 Å². The third-order valence-electron chi connectivity index (χ3n) is 1.02. The van der Waals surface area contributed by atoms with Crippen molar-refractivity contribution in [3.05, 3.63) is 34.4 Å². The second kappa shape index (κ2) is 5.48. The van der Waals surface area contributed by atoms with E-state index in [0.717, 1.165) is 4.48 Å². The second-order valence-corrected chi connectivity index (χ2v) is 3.09. The van der Waals surface area contributed by atoms with Crippen LogP contribution in [0.25, 0.3) is 0 Å². The Hall–Kier alpha value is -0.300. The van der Waals surface area contributed by atoms with Gasteiger partial charge in [0.15, 0.2) is 0 Å². The van der Waals surface area contributed by atoms with Gasteiger partial charge in [-0.2, -0.15) is 0 Å². The van der Waals surface area contributed by atoms with Gasteiger partial charge in [0, 0.05) is 4.48 Å². The molecule has 0 heterocycles. The monoisotopic (exact) mass is 200 g/mol. The van der Waals surface area contributed by atoms with E-state index in [9.17, 15) is 0 Å². The van der Waals surface area contributed by atoms with Crippen molar-refractivity contribution in [1.82, 2.24) is 0 Å². The molecule has 0 aromatic carbocycles. The molecule has 1 heteroatoms. The van der Waals surface area contributed by atoms with Crippen LogP contribution in [0.5, 0.6) is 0 Å². The van der Waals surface area contributed by atoms with Crippen LogP contribution >= 0.6 is 15.9 Å². The summed E-state index contributed by atoms with van der Waals surface area (Å²) in [5.41, 5.74) is 1.29. The average Bonchev–Trinajstić information content (AvgIpc) is 1.88. The van der Waals surface area contributed by atoms with Gasteiger partial charge in [0.2, 0.25) is 0 Å². The van der Waals surface area contributed by atoms with Gasteiger partial charge >= 0.3 is 0 Å². The fraction of sp³-hybridized carbons (Fsp3) is 0.333. The molecule has 56 valence electrons. The van der Waals surface area contributed by atoms with Gasteiger partial charge in [-0.1, -0.05) is 39.7 Å². The Morgan fingerprint density at radius 2 is 1.80 bits per heavy atom. The van der Waals surface area contributed by atoms with E-state index in [-0.39, 0.29) is 0 Å². The van der Waals surface area contributed by atoms with Gasteiger partial charge in [0.25, 0.3) is 0 Å². The molecule has 10 heavy (non-hydrogen) atoms. The van der Waals surface area contributed by atoms with Crippen LogP contribution in [0.15, 0.2) is 34.4 Å². The molecule has 0 N–H and O–H groups in total. The molecule has 0 aliphatic carbocycles. The van der Waals surface area contributed by atoms with Crippen LogP contribution in [0.4, 0.5) is 0 Å². The molecule has 0 bridgehead atoms. The molecule has 0 atom stereocenters. The number of hydrogen-bond donors (Lipinski definition) is 0. The van der Waals surface area contributed by atoms with Crippen LogP contribution in [0.2, 0.25) is 0 Å². The molecule has 0 unspecified atom stereocenters. The first kappa shape index (κ1) is 9.70. The SMILES string of the molecule is CC=CC=CC(Br)=C(C)C. The van der Waals surface area contributed by atoms with Crippen molar-refractivity contribution in [2.75, 3.05) is 0 Å². The highest BCUT2D eigenvalue weighted by Crippen LogP contribution is 2.11. The summed E-state index contributed by atoms with van der Waals surface area (Å²) >= 11 is 3.43. The summed E-state index contributed by atoms with van der Waals surface area (Å²) in [6, 6.07) is 0. The van der Waals surface area contributed by atoms with Gasteiger partial charge in [-0.25, -0.2) is 0 Å². The quantitative estimate of drug-likeness (QED) is 0.596. The van der Waals surface area contributed by atoms with Crippen molar-refractivity contribution >= 4 is 15.9 Å². The zero-order chi connectivity index (χ0) is 7.98. The third kappa shape index (κ3) is 4.57. The minimum atomic E-state index is 1.16. The van der Waals surface area contributed by atoms with Gasteiger partial charge in [-0.05, 0) is 26.8 Å². The summed E-state index contributed by atoms with van der Waals surface area (Å²) in [4.78, 5) is 0. The van der Waals surface area contributed by atoms with Gasteiger partial charge in [-0.3, -0.25) is 0 Å². The third-order valence-corrected chi connectivity index (χ3v) is 2.08. The number of halogens is 1. The van der Waals surface area contributed by atoms with Crippen molar-refractivity contribution in [1.29, 1.82) is 0 Å². The highest BCUT2D eigenvalue weighted by Gasteiger charge is 1.84. The van der Waals surface area contributed by atoms with E-state index >= 15 is 0 Å². The lowest BCUT2D eigenvalue weighted by atomic mass is 10.3. The van der Waals surface area contributed by atoms with E-state index < -0.39 is 0 Å². The minimum Gasteiger partial charge on any atom is -0.0877 e. The number of rotatable bonds is 2. The molecule has 0 aromatic heterocycles. The molecule has 0 nitrogen and oxygen atoms in total. The Morgan fingerprint density at radius 1 is 1.20 bits per heavy atom. The Balaban J connectivity index is 4.03. The van der Waals surface area contributed by atoms with Crippen LogP contribution in [-0.2, 0) is 0 Å². The van der Waals surface area contributed by atoms with Gasteiger partial charge < -0.3 is 0 Å². The average molecular weight is 201 g/mol. The van der Waals surface area contributed by atoms with E-state index in [2.05, 4.69) is 29.8 Å². The zero-order valence-corrected chi connectivity index (χ0v) is 8.27. The molecule has 0 aliphatic rings. The second-order valence-electron chi connectivity index (χ2n) is 2.23. The maximum atomic E-state index is 3.43. The highest BCUT2D eigenvalue weighted by molar-refractivity contribution is 9.11. The summed E-state index contributed by atoms with van der Waals surface area (Å²) < 4.78 is 1.16. The van der Waals surface area contributed by atoms with Crippen LogP contribution in [0.3, 0.4) is 0 Å². The van der Waals surface area contributed by atoms with Gasteiger partial charge in [0.05, 0.1) is 0 Å². The van der Waals surface area contributed by atoms with Crippen molar-refractivity contribution in [3.63, 3.8) is 0 Å². The Bertz CT molecular complexity index is 169. The molecule has 0 saturated carbocycles. The van der Waals surface area contributed by atoms with E-state index in [1.807, 2.05) is 31.2 Å². The topological polar surface area (TPSA) is 0 Å². The maximum absolute atomic E-state index is 3.43. The first-order valence-electron chi connectivity index (χ1n) is 3.31. The zero-order valence-electron chi connectivity index (χ0n) is 6.69. The summed E-state index contributed by atoms with van der Waals surface area (Å²) in [7, 11) is 0. The Kier molecular flexibility index (Phi) is 5.32. The van der Waals surface area contributed by atoms with Crippen molar-refractivity contribution in [2.45, 2.75) is 20.8 Å². The lowest BCUT2D eigenvalue weighted by Crippen LogP contribution is -1.67. The number of allylic oxidation sites excluding steroid dienone is 6. The summed E-state index contributed by atoms with van der Waals surface area (Å²) in [5, 5.41) is 0. The molecular weight excluding hydrogens is 188 g/mol. The first-order chi connectivity index (χ1) is 4.68. The van der Waals surface area contributed by atoms with Crippen LogP contribution in [-0.4, -0.2) is 0 Å². The van der Waals surface area contributed by atoms with Crippen molar-refractivity contribution < 1.29 is 0 Å². The normalized spacial score (nSPS) is 11.2. The summed E-state index contributed by atoms with van der Waals surface area (Å²) in [6.07, 6.45) is 8.05. The number of hydrogen-bond acceptors (Lipinski definition) is 0. The lowest BCUT2D eigenvalue weighted by Gasteiger charge is -1.90. The smallest absolute Gasteiger partial charge is 0.0161 e. The fourth-order valence-electron chi connectivity index (χ4n) is 0.418. The van der Waals surface area contributed by atoms with E-state index in [4.69, 9.17) is 0 Å².